The predicted octanol–water partition coefficient (Wildman–Crippen LogP) is 3.36. The summed E-state index contributed by atoms with van der Waals surface area (Å²) >= 11 is 3.27. The second-order valence-corrected chi connectivity index (χ2v) is 4.58. The van der Waals surface area contributed by atoms with Gasteiger partial charge < -0.3 is 10.6 Å². The number of carbonyl (C=O) groups is 1. The third kappa shape index (κ3) is 3.79. The minimum atomic E-state index is -0.371. The standard InChI is InChI=1S/C13H9BrN4O/c14-10-5-12(8-16-7-10)18-13(19)17-11-3-1-9(6-15)2-4-11/h1-5,7-8H,(H2,17,18,19). The fraction of sp³-hybridized carbons (Fsp3) is 0. The number of nitrogens with zero attached hydrogens (tertiary/aromatic N) is 2. The summed E-state index contributed by atoms with van der Waals surface area (Å²) in [5.41, 5.74) is 1.74. The van der Waals surface area contributed by atoms with Crippen LogP contribution >= 0.6 is 15.9 Å². The van der Waals surface area contributed by atoms with Crippen molar-refractivity contribution in [3.63, 3.8) is 0 Å². The topological polar surface area (TPSA) is 77.8 Å². The summed E-state index contributed by atoms with van der Waals surface area (Å²) in [5.74, 6) is 0. The number of hydrogen-bond acceptors (Lipinski definition) is 3. The number of nitriles is 1. The van der Waals surface area contributed by atoms with E-state index >= 15 is 0 Å². The highest BCUT2D eigenvalue weighted by molar-refractivity contribution is 9.10. The zero-order valence-electron chi connectivity index (χ0n) is 9.72. The Kier molecular flexibility index (Phi) is 4.11. The van der Waals surface area contributed by atoms with Crippen LogP contribution in [-0.2, 0) is 0 Å². The van der Waals surface area contributed by atoms with Crippen molar-refractivity contribution in [2.24, 2.45) is 0 Å². The average Bonchev–Trinajstić information content (AvgIpc) is 2.39. The van der Waals surface area contributed by atoms with Gasteiger partial charge in [-0.3, -0.25) is 4.98 Å². The van der Waals surface area contributed by atoms with Gasteiger partial charge >= 0.3 is 6.03 Å². The highest BCUT2D eigenvalue weighted by Crippen LogP contribution is 2.14. The summed E-state index contributed by atoms with van der Waals surface area (Å²) in [6, 6.07) is 9.98. The number of halogens is 1. The molecule has 0 bridgehead atoms. The van der Waals surface area contributed by atoms with Crippen LogP contribution in [0, 0.1) is 11.3 Å². The summed E-state index contributed by atoms with van der Waals surface area (Å²) in [6.07, 6.45) is 3.17. The largest absolute Gasteiger partial charge is 0.323 e. The average molecular weight is 317 g/mol. The molecule has 0 aliphatic rings. The minimum absolute atomic E-state index is 0.371. The van der Waals surface area contributed by atoms with Gasteiger partial charge in [0.25, 0.3) is 0 Å². The molecule has 0 saturated heterocycles. The van der Waals surface area contributed by atoms with Crippen molar-refractivity contribution in [2.45, 2.75) is 0 Å². The number of aromatic nitrogens is 1. The summed E-state index contributed by atoms with van der Waals surface area (Å²) in [7, 11) is 0. The Hall–Kier alpha value is -2.39. The first-order valence-electron chi connectivity index (χ1n) is 5.36. The molecule has 94 valence electrons. The predicted molar refractivity (Wildman–Crippen MR) is 75.7 cm³/mol. The molecule has 1 heterocycles. The number of nitrogens with one attached hydrogen (secondary N) is 2. The molecule has 1 aromatic carbocycles. The quantitative estimate of drug-likeness (QED) is 0.891. The van der Waals surface area contributed by atoms with Gasteiger partial charge in [0, 0.05) is 16.4 Å². The van der Waals surface area contributed by atoms with Gasteiger partial charge in [-0.15, -0.1) is 0 Å². The monoisotopic (exact) mass is 316 g/mol. The molecule has 6 heteroatoms. The van der Waals surface area contributed by atoms with Crippen LogP contribution in [0.1, 0.15) is 5.56 Å². The van der Waals surface area contributed by atoms with E-state index in [4.69, 9.17) is 5.26 Å². The molecule has 0 aliphatic carbocycles. The van der Waals surface area contributed by atoms with Crippen molar-refractivity contribution in [1.82, 2.24) is 4.98 Å². The second-order valence-electron chi connectivity index (χ2n) is 3.66. The molecule has 1 aromatic heterocycles. The Bertz CT molecular complexity index is 634. The van der Waals surface area contributed by atoms with Crippen LogP contribution in [-0.4, -0.2) is 11.0 Å². The number of amides is 2. The van der Waals surface area contributed by atoms with E-state index in [0.717, 1.165) is 4.47 Å². The molecule has 0 atom stereocenters. The van der Waals surface area contributed by atoms with Gasteiger partial charge in [0.1, 0.15) is 0 Å². The Balaban J connectivity index is 1.99. The SMILES string of the molecule is N#Cc1ccc(NC(=O)Nc2cncc(Br)c2)cc1. The van der Waals surface area contributed by atoms with E-state index in [9.17, 15) is 4.79 Å². The van der Waals surface area contributed by atoms with Gasteiger partial charge in [-0.05, 0) is 46.3 Å². The lowest BCUT2D eigenvalue weighted by Crippen LogP contribution is -2.19. The lowest BCUT2D eigenvalue weighted by Gasteiger charge is -2.07. The van der Waals surface area contributed by atoms with Crippen LogP contribution in [0.4, 0.5) is 16.2 Å². The molecule has 2 aromatic rings. The van der Waals surface area contributed by atoms with Gasteiger partial charge in [-0.1, -0.05) is 0 Å². The molecule has 0 fully saturated rings. The van der Waals surface area contributed by atoms with Crippen LogP contribution in [0.25, 0.3) is 0 Å². The van der Waals surface area contributed by atoms with Crippen LogP contribution in [0.3, 0.4) is 0 Å². The summed E-state index contributed by atoms with van der Waals surface area (Å²) in [6.45, 7) is 0. The number of hydrogen-bond donors (Lipinski definition) is 2. The van der Waals surface area contributed by atoms with Crippen molar-refractivity contribution >= 4 is 33.3 Å². The third-order valence-electron chi connectivity index (χ3n) is 2.23. The van der Waals surface area contributed by atoms with Gasteiger partial charge in [0.15, 0.2) is 0 Å². The van der Waals surface area contributed by atoms with Crippen LogP contribution in [0.5, 0.6) is 0 Å². The van der Waals surface area contributed by atoms with E-state index in [1.807, 2.05) is 6.07 Å². The van der Waals surface area contributed by atoms with Gasteiger partial charge in [0.2, 0.25) is 0 Å². The van der Waals surface area contributed by atoms with Crippen LogP contribution in [0.2, 0.25) is 0 Å². The number of rotatable bonds is 2. The van der Waals surface area contributed by atoms with Crippen molar-refractivity contribution in [1.29, 1.82) is 5.26 Å². The number of urea groups is 1. The fourth-order valence-corrected chi connectivity index (χ4v) is 1.77. The first-order valence-corrected chi connectivity index (χ1v) is 6.15. The zero-order valence-corrected chi connectivity index (χ0v) is 11.3. The summed E-state index contributed by atoms with van der Waals surface area (Å²) in [5, 5.41) is 14.0. The third-order valence-corrected chi connectivity index (χ3v) is 2.67. The molecule has 0 unspecified atom stereocenters. The van der Waals surface area contributed by atoms with E-state index in [2.05, 4.69) is 31.5 Å². The number of pyridine rings is 1. The molecule has 0 aliphatic heterocycles. The maximum absolute atomic E-state index is 11.7. The molecule has 2 N–H and O–H groups in total. The number of carbonyl (C=O) groups excluding carboxylic acids is 1. The normalized spacial score (nSPS) is 9.47. The van der Waals surface area contributed by atoms with E-state index in [0.29, 0.717) is 16.9 Å². The van der Waals surface area contributed by atoms with Gasteiger partial charge in [-0.2, -0.15) is 5.26 Å². The molecule has 0 saturated carbocycles. The van der Waals surface area contributed by atoms with Crippen LogP contribution in [0.15, 0.2) is 47.2 Å². The minimum Gasteiger partial charge on any atom is -0.308 e. The van der Waals surface area contributed by atoms with Crippen molar-refractivity contribution in [3.05, 3.63) is 52.8 Å². The number of anilines is 2. The summed E-state index contributed by atoms with van der Waals surface area (Å²) in [4.78, 5) is 15.7. The molecule has 0 spiro atoms. The van der Waals surface area contributed by atoms with E-state index in [1.165, 1.54) is 0 Å². The highest BCUT2D eigenvalue weighted by Gasteiger charge is 2.03. The zero-order chi connectivity index (χ0) is 13.7. The Labute approximate surface area is 118 Å². The Morgan fingerprint density at radius 1 is 1.16 bits per heavy atom. The Morgan fingerprint density at radius 3 is 2.47 bits per heavy atom. The molecular formula is C13H9BrN4O. The van der Waals surface area contributed by atoms with Crippen molar-refractivity contribution in [3.8, 4) is 6.07 Å². The number of benzene rings is 1. The molecule has 2 rings (SSSR count). The fourth-order valence-electron chi connectivity index (χ4n) is 1.40. The maximum Gasteiger partial charge on any atom is 0.323 e. The molecule has 19 heavy (non-hydrogen) atoms. The lowest BCUT2D eigenvalue weighted by molar-refractivity contribution is 0.262. The second kappa shape index (κ2) is 5.98. The first-order chi connectivity index (χ1) is 9.17. The maximum atomic E-state index is 11.7. The smallest absolute Gasteiger partial charge is 0.308 e. The molecular weight excluding hydrogens is 308 g/mol. The summed E-state index contributed by atoms with van der Waals surface area (Å²) < 4.78 is 0.781. The van der Waals surface area contributed by atoms with E-state index in [-0.39, 0.29) is 6.03 Å². The first kappa shape index (κ1) is 13.1. The van der Waals surface area contributed by atoms with Gasteiger partial charge in [-0.25, -0.2) is 4.79 Å². The Morgan fingerprint density at radius 2 is 1.84 bits per heavy atom. The van der Waals surface area contributed by atoms with E-state index < -0.39 is 0 Å². The molecule has 0 radical (unpaired) electrons. The molecule has 5 nitrogen and oxygen atoms in total. The van der Waals surface area contributed by atoms with Crippen molar-refractivity contribution in [2.75, 3.05) is 10.6 Å². The van der Waals surface area contributed by atoms with E-state index in [1.54, 1.807) is 42.7 Å². The highest BCUT2D eigenvalue weighted by atomic mass is 79.9. The van der Waals surface area contributed by atoms with Gasteiger partial charge in [0.05, 0.1) is 23.5 Å². The van der Waals surface area contributed by atoms with Crippen LogP contribution < -0.4 is 10.6 Å². The lowest BCUT2D eigenvalue weighted by atomic mass is 10.2. The van der Waals surface area contributed by atoms with Crippen molar-refractivity contribution < 1.29 is 4.79 Å². The molecule has 2 amide bonds.